The molecule has 21 heavy (non-hydrogen) atoms. The zero-order valence-corrected chi connectivity index (χ0v) is 12.8. The van der Waals surface area contributed by atoms with Gasteiger partial charge in [0.25, 0.3) is 0 Å². The molecule has 0 aliphatic heterocycles. The van der Waals surface area contributed by atoms with Crippen molar-refractivity contribution in [1.29, 1.82) is 0 Å². The van der Waals surface area contributed by atoms with Gasteiger partial charge in [0.1, 0.15) is 0 Å². The van der Waals surface area contributed by atoms with E-state index in [1.54, 1.807) is 18.2 Å². The Morgan fingerprint density at radius 3 is 2.71 bits per heavy atom. The van der Waals surface area contributed by atoms with Crippen LogP contribution < -0.4 is 4.72 Å². The van der Waals surface area contributed by atoms with E-state index in [0.29, 0.717) is 12.1 Å². The minimum Gasteiger partial charge on any atom is -0.395 e. The third-order valence-corrected chi connectivity index (χ3v) is 5.45. The second kappa shape index (κ2) is 7.48. The van der Waals surface area contributed by atoms with Crippen molar-refractivity contribution in [1.82, 2.24) is 0 Å². The second-order valence-corrected chi connectivity index (χ2v) is 7.22. The number of hydrogen-bond acceptors (Lipinski definition) is 3. The molecule has 4 nitrogen and oxygen atoms in total. The van der Waals surface area contributed by atoms with E-state index in [9.17, 15) is 8.42 Å². The fourth-order valence-corrected chi connectivity index (χ4v) is 4.08. The highest BCUT2D eigenvalue weighted by molar-refractivity contribution is 7.93. The van der Waals surface area contributed by atoms with E-state index < -0.39 is 10.0 Å². The van der Waals surface area contributed by atoms with Crippen LogP contribution in [0.4, 0.5) is 5.69 Å². The summed E-state index contributed by atoms with van der Waals surface area (Å²) in [5, 5.41) is 8.42. The van der Waals surface area contributed by atoms with Crippen LogP contribution in [-0.4, -0.2) is 25.4 Å². The molecule has 0 amide bonds. The van der Waals surface area contributed by atoms with E-state index in [2.05, 4.69) is 16.6 Å². The molecular weight excluding hydrogens is 286 g/mol. The van der Waals surface area contributed by atoms with Gasteiger partial charge in [0.05, 0.1) is 11.9 Å². The Labute approximate surface area is 126 Å². The third-order valence-electron chi connectivity index (χ3n) is 3.58. The van der Waals surface area contributed by atoms with Crippen molar-refractivity contribution < 1.29 is 13.5 Å². The number of sulfonamides is 1. The molecule has 1 fully saturated rings. The fourth-order valence-electron chi connectivity index (χ4n) is 2.50. The lowest BCUT2D eigenvalue weighted by Crippen LogP contribution is -2.29. The summed E-state index contributed by atoms with van der Waals surface area (Å²) >= 11 is 0. The summed E-state index contributed by atoms with van der Waals surface area (Å²) in [5.74, 6) is 5.73. The van der Waals surface area contributed by atoms with Crippen molar-refractivity contribution in [3.63, 3.8) is 0 Å². The zero-order valence-electron chi connectivity index (χ0n) is 12.0. The number of aliphatic hydroxyl groups is 1. The first-order chi connectivity index (χ1) is 10.1. The van der Waals surface area contributed by atoms with Gasteiger partial charge in [-0.15, -0.1) is 0 Å². The van der Waals surface area contributed by atoms with Gasteiger partial charge < -0.3 is 5.11 Å². The van der Waals surface area contributed by atoms with Crippen LogP contribution in [0, 0.1) is 11.8 Å². The van der Waals surface area contributed by atoms with E-state index in [0.717, 1.165) is 37.7 Å². The number of hydrogen-bond donors (Lipinski definition) is 2. The first-order valence-corrected chi connectivity index (χ1v) is 8.88. The standard InChI is InChI=1S/C16H21NO3S/c18-12-5-4-7-14-8-6-9-15(13-14)17-21(19,20)16-10-2-1-3-11-16/h6,8-9,13,16-18H,1-3,5,10-12H2. The lowest BCUT2D eigenvalue weighted by molar-refractivity contribution is 0.305. The van der Waals surface area contributed by atoms with Gasteiger partial charge in [-0.3, -0.25) is 4.72 Å². The van der Waals surface area contributed by atoms with Crippen LogP contribution >= 0.6 is 0 Å². The number of nitrogens with one attached hydrogen (secondary N) is 1. The molecule has 1 aliphatic rings. The molecule has 0 unspecified atom stereocenters. The Bertz CT molecular complexity index is 622. The van der Waals surface area contributed by atoms with Crippen LogP contribution in [0.5, 0.6) is 0 Å². The van der Waals surface area contributed by atoms with Crippen LogP contribution in [0.25, 0.3) is 0 Å². The lowest BCUT2D eigenvalue weighted by Gasteiger charge is -2.22. The lowest BCUT2D eigenvalue weighted by atomic mass is 10.0. The topological polar surface area (TPSA) is 66.4 Å². The van der Waals surface area contributed by atoms with Crippen molar-refractivity contribution in [2.24, 2.45) is 0 Å². The maximum Gasteiger partial charge on any atom is 0.235 e. The summed E-state index contributed by atoms with van der Waals surface area (Å²) < 4.78 is 27.4. The molecule has 2 rings (SSSR count). The van der Waals surface area contributed by atoms with Crippen LogP contribution in [0.3, 0.4) is 0 Å². The molecule has 5 heteroatoms. The summed E-state index contributed by atoms with van der Waals surface area (Å²) in [7, 11) is -3.32. The largest absolute Gasteiger partial charge is 0.395 e. The molecule has 2 N–H and O–H groups in total. The Morgan fingerprint density at radius 2 is 2.00 bits per heavy atom. The van der Waals surface area contributed by atoms with Crippen molar-refractivity contribution in [3.05, 3.63) is 29.8 Å². The maximum atomic E-state index is 12.3. The average Bonchev–Trinajstić information content (AvgIpc) is 2.48. The van der Waals surface area contributed by atoms with Gasteiger partial charge in [-0.1, -0.05) is 37.2 Å². The molecule has 0 bridgehead atoms. The van der Waals surface area contributed by atoms with Crippen LogP contribution in [0.2, 0.25) is 0 Å². The summed E-state index contributed by atoms with van der Waals surface area (Å²) in [6.07, 6.45) is 4.99. The summed E-state index contributed by atoms with van der Waals surface area (Å²) in [4.78, 5) is 0. The van der Waals surface area contributed by atoms with E-state index in [4.69, 9.17) is 5.11 Å². The molecule has 1 saturated carbocycles. The highest BCUT2D eigenvalue weighted by Gasteiger charge is 2.27. The summed E-state index contributed by atoms with van der Waals surface area (Å²) in [6, 6.07) is 7.06. The highest BCUT2D eigenvalue weighted by atomic mass is 32.2. The normalized spacial score (nSPS) is 16.0. The van der Waals surface area contributed by atoms with Crippen molar-refractivity contribution >= 4 is 15.7 Å². The SMILES string of the molecule is O=S(=O)(Nc1cccc(C#CCCO)c1)C1CCCCC1. The first kappa shape index (κ1) is 15.9. The predicted molar refractivity (Wildman–Crippen MR) is 84.4 cm³/mol. The van der Waals surface area contributed by atoms with Gasteiger partial charge >= 0.3 is 0 Å². The Balaban J connectivity index is 2.08. The quantitative estimate of drug-likeness (QED) is 0.840. The smallest absolute Gasteiger partial charge is 0.235 e. The van der Waals surface area contributed by atoms with Gasteiger partial charge in [-0.05, 0) is 31.0 Å². The molecular formula is C16H21NO3S. The van der Waals surface area contributed by atoms with Gasteiger partial charge in [-0.2, -0.15) is 0 Å². The van der Waals surface area contributed by atoms with E-state index in [-0.39, 0.29) is 11.9 Å². The highest BCUT2D eigenvalue weighted by Crippen LogP contribution is 2.25. The Morgan fingerprint density at radius 1 is 1.24 bits per heavy atom. The third kappa shape index (κ3) is 4.76. The molecule has 0 aromatic heterocycles. The Hall–Kier alpha value is -1.51. The molecule has 1 aliphatic carbocycles. The molecule has 0 spiro atoms. The number of rotatable bonds is 4. The van der Waals surface area contributed by atoms with Crippen molar-refractivity contribution in [2.45, 2.75) is 43.8 Å². The van der Waals surface area contributed by atoms with E-state index >= 15 is 0 Å². The van der Waals surface area contributed by atoms with Gasteiger partial charge in [0.2, 0.25) is 10.0 Å². The molecule has 0 saturated heterocycles. The zero-order chi connectivity index (χ0) is 15.1. The van der Waals surface area contributed by atoms with E-state index in [1.807, 2.05) is 6.07 Å². The second-order valence-electron chi connectivity index (χ2n) is 5.26. The molecule has 1 aromatic carbocycles. The van der Waals surface area contributed by atoms with Crippen LogP contribution in [0.1, 0.15) is 44.1 Å². The molecule has 0 radical (unpaired) electrons. The van der Waals surface area contributed by atoms with Crippen LogP contribution in [-0.2, 0) is 10.0 Å². The maximum absolute atomic E-state index is 12.3. The van der Waals surface area contributed by atoms with Gasteiger partial charge in [0, 0.05) is 17.7 Å². The predicted octanol–water partition coefficient (Wildman–Crippen LogP) is 2.49. The minimum atomic E-state index is -3.32. The number of anilines is 1. The average molecular weight is 307 g/mol. The minimum absolute atomic E-state index is 0.0288. The molecule has 0 atom stereocenters. The van der Waals surface area contributed by atoms with Crippen molar-refractivity contribution in [2.75, 3.05) is 11.3 Å². The number of aliphatic hydroxyl groups excluding tert-OH is 1. The monoisotopic (exact) mass is 307 g/mol. The summed E-state index contributed by atoms with van der Waals surface area (Å²) in [5.41, 5.74) is 1.30. The fraction of sp³-hybridized carbons (Fsp3) is 0.500. The van der Waals surface area contributed by atoms with E-state index in [1.165, 1.54) is 0 Å². The molecule has 0 heterocycles. The van der Waals surface area contributed by atoms with Crippen LogP contribution in [0.15, 0.2) is 24.3 Å². The molecule has 114 valence electrons. The van der Waals surface area contributed by atoms with Gasteiger partial charge in [0.15, 0.2) is 0 Å². The van der Waals surface area contributed by atoms with Crippen molar-refractivity contribution in [3.8, 4) is 11.8 Å². The first-order valence-electron chi connectivity index (χ1n) is 7.33. The molecule has 1 aromatic rings. The Kier molecular flexibility index (Phi) is 5.66. The number of benzene rings is 1. The van der Waals surface area contributed by atoms with Gasteiger partial charge in [-0.25, -0.2) is 8.42 Å². The summed E-state index contributed by atoms with van der Waals surface area (Å²) in [6.45, 7) is 0.0288.